The molecular formula is C37H39N9S3. The van der Waals surface area contributed by atoms with E-state index in [1.807, 2.05) is 36.4 Å². The van der Waals surface area contributed by atoms with Crippen LogP contribution in [0.2, 0.25) is 0 Å². The predicted molar refractivity (Wildman–Crippen MR) is 211 cm³/mol. The third-order valence-electron chi connectivity index (χ3n) is 8.15. The van der Waals surface area contributed by atoms with Crippen molar-refractivity contribution in [2.45, 2.75) is 39.5 Å². The molecule has 8 rings (SSSR count). The van der Waals surface area contributed by atoms with Crippen LogP contribution in [-0.2, 0) is 12.8 Å². The Morgan fingerprint density at radius 1 is 0.510 bits per heavy atom. The molecule has 0 bridgehead atoms. The zero-order chi connectivity index (χ0) is 33.7. The number of fused-ring (bicyclic) bond motifs is 2. The summed E-state index contributed by atoms with van der Waals surface area (Å²) < 4.78 is 0. The number of benzene rings is 4. The Bertz CT molecular complexity index is 1940. The molecule has 12 heteroatoms. The fourth-order valence-electron chi connectivity index (χ4n) is 5.44. The van der Waals surface area contributed by atoms with Crippen molar-refractivity contribution in [3.8, 4) is 0 Å². The summed E-state index contributed by atoms with van der Waals surface area (Å²) in [5.74, 6) is 3.09. The normalized spacial score (nSPS) is 17.1. The fraction of sp³-hybridized carbons (Fsp3) is 0.324. The Labute approximate surface area is 300 Å². The molecule has 9 nitrogen and oxygen atoms in total. The van der Waals surface area contributed by atoms with Gasteiger partial charge in [0.05, 0.1) is 36.7 Å². The van der Waals surface area contributed by atoms with E-state index < -0.39 is 0 Å². The number of nitrogens with zero attached hydrogens (tertiary/aromatic N) is 9. The molecule has 3 aliphatic heterocycles. The molecule has 0 fully saturated rings. The molecule has 0 atom stereocenters. The van der Waals surface area contributed by atoms with Crippen LogP contribution in [0.5, 0.6) is 0 Å². The van der Waals surface area contributed by atoms with Gasteiger partial charge in [-0.2, -0.15) is 0 Å². The lowest BCUT2D eigenvalue weighted by atomic mass is 9.91. The van der Waals surface area contributed by atoms with Gasteiger partial charge in [-0.05, 0) is 85.4 Å². The number of aryl methyl sites for hydroxylation is 2. The molecule has 250 valence electrons. The van der Waals surface area contributed by atoms with Gasteiger partial charge >= 0.3 is 0 Å². The Balaban J connectivity index is 0.000000128. The average molecular weight is 706 g/mol. The van der Waals surface area contributed by atoms with Gasteiger partial charge in [-0.3, -0.25) is 15.0 Å². The van der Waals surface area contributed by atoms with Crippen LogP contribution in [0.1, 0.15) is 35.1 Å². The number of thioether (sulfide) groups is 3. The van der Waals surface area contributed by atoms with Crippen molar-refractivity contribution in [1.82, 2.24) is 0 Å². The van der Waals surface area contributed by atoms with Gasteiger partial charge in [0.25, 0.3) is 0 Å². The molecule has 0 amide bonds. The van der Waals surface area contributed by atoms with Crippen molar-refractivity contribution < 1.29 is 0 Å². The van der Waals surface area contributed by atoms with Crippen LogP contribution in [0.3, 0.4) is 0 Å². The van der Waals surface area contributed by atoms with Crippen LogP contribution in [-0.4, -0.2) is 52.4 Å². The molecule has 0 saturated heterocycles. The minimum atomic E-state index is 0.790. The molecule has 1 aliphatic carbocycles. The summed E-state index contributed by atoms with van der Waals surface area (Å²) in [6.07, 6.45) is 4.91. The first kappa shape index (κ1) is 34.8. The summed E-state index contributed by atoms with van der Waals surface area (Å²) in [6, 6.07) is 26.7. The van der Waals surface area contributed by atoms with E-state index in [-0.39, 0.29) is 0 Å². The maximum Gasteiger partial charge on any atom is 0.204 e. The van der Waals surface area contributed by atoms with Gasteiger partial charge in [0.2, 0.25) is 15.5 Å². The van der Waals surface area contributed by atoms with Crippen LogP contribution in [0.25, 0.3) is 10.8 Å². The quantitative estimate of drug-likeness (QED) is 0.198. The van der Waals surface area contributed by atoms with Crippen molar-refractivity contribution >= 4 is 78.6 Å². The first-order valence-corrected chi connectivity index (χ1v) is 19.5. The van der Waals surface area contributed by atoms with Crippen LogP contribution in [0.4, 0.5) is 17.1 Å². The molecule has 3 heterocycles. The monoisotopic (exact) mass is 705 g/mol. The van der Waals surface area contributed by atoms with Crippen LogP contribution in [0, 0.1) is 13.8 Å². The first-order valence-electron chi connectivity index (χ1n) is 16.6. The third kappa shape index (κ3) is 10.0. The lowest BCUT2D eigenvalue weighted by Crippen LogP contribution is -2.02. The Hall–Kier alpha value is -4.00. The maximum absolute atomic E-state index is 4.37. The zero-order valence-corrected chi connectivity index (χ0v) is 30.3. The van der Waals surface area contributed by atoms with Crippen molar-refractivity contribution in [3.63, 3.8) is 0 Å². The summed E-state index contributed by atoms with van der Waals surface area (Å²) in [7, 11) is 0. The average Bonchev–Trinajstić information content (AvgIpc) is 3.97. The standard InChI is InChI=1S/C13H15N3S.C13H11N3S.C11H13N3S/c2*1-2-6-11-10(4-1)5-3-7-12(11)15-16-13-14-8-9-17-13;1-8-4-3-5-10(9(8)2)13-14-11-12-6-7-15-11/h3,5,7H,1-2,4,6,8-9H2;1-7H,8-9H2;3-5H,6-7H2,1-2H3/b2*16-15+;14-13+. The summed E-state index contributed by atoms with van der Waals surface area (Å²) in [4.78, 5) is 12.8. The van der Waals surface area contributed by atoms with Crippen LogP contribution in [0.15, 0.2) is 125 Å². The van der Waals surface area contributed by atoms with Gasteiger partial charge in [0.1, 0.15) is 0 Å². The van der Waals surface area contributed by atoms with Gasteiger partial charge in [-0.25, -0.2) is 0 Å². The van der Waals surface area contributed by atoms with Gasteiger partial charge in [-0.15, -0.1) is 30.7 Å². The highest BCUT2D eigenvalue weighted by atomic mass is 32.2. The zero-order valence-electron chi connectivity index (χ0n) is 27.8. The Kier molecular flexibility index (Phi) is 12.9. The van der Waals surface area contributed by atoms with Gasteiger partial charge in [-0.1, -0.05) is 95.9 Å². The molecule has 0 aromatic heterocycles. The van der Waals surface area contributed by atoms with Gasteiger partial charge in [0, 0.05) is 22.6 Å². The summed E-state index contributed by atoms with van der Waals surface area (Å²) in [6.45, 7) is 6.75. The highest BCUT2D eigenvalue weighted by molar-refractivity contribution is 8.14. The van der Waals surface area contributed by atoms with Crippen LogP contribution >= 0.6 is 35.3 Å². The summed E-state index contributed by atoms with van der Waals surface area (Å²) in [5.41, 5.74) is 8.15. The largest absolute Gasteiger partial charge is 0.258 e. The molecule has 0 N–H and O–H groups in total. The minimum Gasteiger partial charge on any atom is -0.258 e. The van der Waals surface area contributed by atoms with E-state index in [0.29, 0.717) is 0 Å². The van der Waals surface area contributed by atoms with E-state index in [1.54, 1.807) is 35.3 Å². The number of amidine groups is 3. The smallest absolute Gasteiger partial charge is 0.204 e. The van der Waals surface area contributed by atoms with E-state index in [0.717, 1.165) is 81.3 Å². The van der Waals surface area contributed by atoms with Crippen molar-refractivity contribution in [3.05, 3.63) is 101 Å². The lowest BCUT2D eigenvalue weighted by molar-refractivity contribution is 0.686. The van der Waals surface area contributed by atoms with E-state index >= 15 is 0 Å². The molecule has 4 aromatic rings. The first-order chi connectivity index (χ1) is 24.1. The fourth-order valence-corrected chi connectivity index (χ4v) is 7.38. The molecule has 0 radical (unpaired) electrons. The van der Waals surface area contributed by atoms with Crippen molar-refractivity contribution in [1.29, 1.82) is 0 Å². The van der Waals surface area contributed by atoms with Gasteiger partial charge in [0.15, 0.2) is 0 Å². The van der Waals surface area contributed by atoms with Crippen molar-refractivity contribution in [2.24, 2.45) is 45.7 Å². The second-order valence-corrected chi connectivity index (χ2v) is 14.7. The van der Waals surface area contributed by atoms with Crippen LogP contribution < -0.4 is 0 Å². The van der Waals surface area contributed by atoms with E-state index in [1.165, 1.54) is 46.9 Å². The molecule has 4 aliphatic rings. The number of azo groups is 3. The number of aliphatic imine (C=N–C) groups is 3. The maximum atomic E-state index is 4.37. The van der Waals surface area contributed by atoms with Crippen molar-refractivity contribution in [2.75, 3.05) is 36.9 Å². The molecule has 0 spiro atoms. The highest BCUT2D eigenvalue weighted by Crippen LogP contribution is 2.31. The topological polar surface area (TPSA) is 111 Å². The molecular weight excluding hydrogens is 667 g/mol. The predicted octanol–water partition coefficient (Wildman–Crippen LogP) is 11.3. The molecule has 4 aromatic carbocycles. The Morgan fingerprint density at radius 2 is 1.04 bits per heavy atom. The summed E-state index contributed by atoms with van der Waals surface area (Å²) in [5, 5.41) is 30.2. The highest BCUT2D eigenvalue weighted by Gasteiger charge is 2.13. The molecule has 49 heavy (non-hydrogen) atoms. The summed E-state index contributed by atoms with van der Waals surface area (Å²) >= 11 is 5.01. The number of rotatable bonds is 3. The number of hydrogen-bond acceptors (Lipinski definition) is 12. The third-order valence-corrected chi connectivity index (χ3v) is 10.7. The SMILES string of the molecule is Cc1cccc(/N=N/C2=NCCS2)c1C.c1cc2c(c(/N=N/C3=NCCS3)c1)CCCC2.c1ccc2c(/N=N/C3=NCCS3)cccc2c1. The Morgan fingerprint density at radius 3 is 1.71 bits per heavy atom. The molecule has 0 saturated carbocycles. The minimum absolute atomic E-state index is 0.790. The lowest BCUT2D eigenvalue weighted by Gasteiger charge is -2.16. The second-order valence-electron chi connectivity index (χ2n) is 11.5. The van der Waals surface area contributed by atoms with E-state index in [9.17, 15) is 0 Å². The van der Waals surface area contributed by atoms with E-state index in [2.05, 4.69) is 102 Å². The van der Waals surface area contributed by atoms with Gasteiger partial charge < -0.3 is 0 Å². The van der Waals surface area contributed by atoms with E-state index in [4.69, 9.17) is 0 Å². The number of hydrogen-bond donors (Lipinski definition) is 0. The molecule has 0 unspecified atom stereocenters. The second kappa shape index (κ2) is 18.1.